The molecule has 0 aliphatic heterocycles. The van der Waals surface area contributed by atoms with Gasteiger partial charge in [-0.3, -0.25) is 9.36 Å². The number of pyridine rings is 1. The number of rotatable bonds is 4. The van der Waals surface area contributed by atoms with Crippen LogP contribution < -0.4 is 5.56 Å². The highest BCUT2D eigenvalue weighted by Gasteiger charge is 2.11. The van der Waals surface area contributed by atoms with Crippen LogP contribution in [-0.2, 0) is 11.3 Å². The number of aryl methyl sites for hydroxylation is 1. The third-order valence-electron chi connectivity index (χ3n) is 2.25. The summed E-state index contributed by atoms with van der Waals surface area (Å²) >= 11 is 0. The largest absolute Gasteiger partial charge is 0.493 e. The number of hydrogen-bond donors (Lipinski definition) is 1. The van der Waals surface area contributed by atoms with E-state index in [9.17, 15) is 9.90 Å². The van der Waals surface area contributed by atoms with E-state index in [4.69, 9.17) is 10.00 Å². The first-order chi connectivity index (χ1) is 7.61. The van der Waals surface area contributed by atoms with Crippen molar-refractivity contribution in [2.45, 2.75) is 27.8 Å². The van der Waals surface area contributed by atoms with Gasteiger partial charge in [0.25, 0.3) is 5.56 Å². The second-order valence-corrected chi connectivity index (χ2v) is 3.32. The van der Waals surface area contributed by atoms with Crippen molar-refractivity contribution in [2.24, 2.45) is 0 Å². The SMILES string of the molecule is C.CCOCCn1c(O)c(C#N)c(C)cc1=O. The van der Waals surface area contributed by atoms with Crippen LogP contribution in [0.3, 0.4) is 0 Å². The highest BCUT2D eigenvalue weighted by Crippen LogP contribution is 2.16. The normalized spacial score (nSPS) is 9.47. The lowest BCUT2D eigenvalue weighted by Crippen LogP contribution is -2.23. The predicted octanol–water partition coefficient (Wildman–Crippen LogP) is 1.41. The van der Waals surface area contributed by atoms with E-state index in [-0.39, 0.29) is 31.0 Å². The van der Waals surface area contributed by atoms with Crippen molar-refractivity contribution in [3.63, 3.8) is 0 Å². The Labute approximate surface area is 101 Å². The zero-order valence-electron chi connectivity index (χ0n) is 9.36. The molecule has 5 heteroatoms. The van der Waals surface area contributed by atoms with Gasteiger partial charge in [-0.25, -0.2) is 0 Å². The van der Waals surface area contributed by atoms with Crippen molar-refractivity contribution in [3.05, 3.63) is 27.5 Å². The van der Waals surface area contributed by atoms with E-state index in [2.05, 4.69) is 0 Å². The van der Waals surface area contributed by atoms with Crippen LogP contribution in [0.15, 0.2) is 10.9 Å². The minimum Gasteiger partial charge on any atom is -0.493 e. The molecule has 1 aromatic heterocycles. The molecule has 0 bridgehead atoms. The molecule has 94 valence electrons. The molecule has 0 aromatic carbocycles. The van der Waals surface area contributed by atoms with Crippen molar-refractivity contribution in [1.82, 2.24) is 4.57 Å². The van der Waals surface area contributed by atoms with Gasteiger partial charge in [0.05, 0.1) is 13.2 Å². The van der Waals surface area contributed by atoms with E-state index in [1.54, 1.807) is 6.92 Å². The lowest BCUT2D eigenvalue weighted by atomic mass is 10.1. The topological polar surface area (TPSA) is 75.2 Å². The first-order valence-electron chi connectivity index (χ1n) is 5.03. The van der Waals surface area contributed by atoms with Gasteiger partial charge >= 0.3 is 0 Å². The van der Waals surface area contributed by atoms with Crippen LogP contribution in [0.5, 0.6) is 5.88 Å². The molecule has 5 nitrogen and oxygen atoms in total. The lowest BCUT2D eigenvalue weighted by Gasteiger charge is -2.10. The molecule has 0 fully saturated rings. The summed E-state index contributed by atoms with van der Waals surface area (Å²) in [4.78, 5) is 11.6. The number of hydrogen-bond acceptors (Lipinski definition) is 4. The van der Waals surface area contributed by atoms with E-state index in [0.29, 0.717) is 18.8 Å². The van der Waals surface area contributed by atoms with Gasteiger partial charge in [-0.1, -0.05) is 7.43 Å². The number of aromatic hydroxyl groups is 1. The Balaban J connectivity index is 0.00000256. The predicted molar refractivity (Wildman–Crippen MR) is 65.0 cm³/mol. The van der Waals surface area contributed by atoms with E-state index < -0.39 is 0 Å². The van der Waals surface area contributed by atoms with Gasteiger partial charge in [0.15, 0.2) is 0 Å². The number of aromatic nitrogens is 1. The smallest absolute Gasteiger partial charge is 0.253 e. The minimum atomic E-state index is -0.325. The second-order valence-electron chi connectivity index (χ2n) is 3.32. The van der Waals surface area contributed by atoms with Crippen LogP contribution in [-0.4, -0.2) is 22.9 Å². The van der Waals surface area contributed by atoms with Crippen LogP contribution in [0.1, 0.15) is 25.5 Å². The van der Waals surface area contributed by atoms with Crippen LogP contribution in [0.4, 0.5) is 0 Å². The maximum absolute atomic E-state index is 11.6. The third-order valence-corrected chi connectivity index (χ3v) is 2.25. The van der Waals surface area contributed by atoms with Gasteiger partial charge in [-0.2, -0.15) is 5.26 Å². The van der Waals surface area contributed by atoms with Crippen molar-refractivity contribution in [1.29, 1.82) is 5.26 Å². The van der Waals surface area contributed by atoms with Crippen molar-refractivity contribution < 1.29 is 9.84 Å². The van der Waals surface area contributed by atoms with Gasteiger partial charge in [0.1, 0.15) is 11.6 Å². The summed E-state index contributed by atoms with van der Waals surface area (Å²) in [7, 11) is 0. The van der Waals surface area contributed by atoms with Crippen LogP contribution in [0.2, 0.25) is 0 Å². The summed E-state index contributed by atoms with van der Waals surface area (Å²) in [6, 6.07) is 3.21. The third kappa shape index (κ3) is 3.33. The highest BCUT2D eigenvalue weighted by atomic mass is 16.5. The van der Waals surface area contributed by atoms with E-state index >= 15 is 0 Å². The monoisotopic (exact) mass is 238 g/mol. The maximum Gasteiger partial charge on any atom is 0.253 e. The summed E-state index contributed by atoms with van der Waals surface area (Å²) in [6.07, 6.45) is 0. The molecule has 1 heterocycles. The molecular formula is C12H18N2O3. The Morgan fingerprint density at radius 1 is 1.59 bits per heavy atom. The second kappa shape index (κ2) is 6.71. The minimum absolute atomic E-state index is 0. The fourth-order valence-corrected chi connectivity index (χ4v) is 1.41. The van der Waals surface area contributed by atoms with Gasteiger partial charge in [-0.05, 0) is 19.4 Å². The first kappa shape index (κ1) is 15.2. The molecule has 1 N–H and O–H groups in total. The standard InChI is InChI=1S/C11H14N2O3.CH4/c1-3-16-5-4-13-10(14)6-8(2)9(7-12)11(13)15;/h6,15H,3-5H2,1-2H3;1H4. The molecule has 0 radical (unpaired) electrons. The van der Waals surface area contributed by atoms with Crippen LogP contribution >= 0.6 is 0 Å². The molecule has 0 amide bonds. The van der Waals surface area contributed by atoms with E-state index in [1.807, 2.05) is 13.0 Å². The lowest BCUT2D eigenvalue weighted by molar-refractivity contribution is 0.136. The van der Waals surface area contributed by atoms with Gasteiger partial charge in [0, 0.05) is 12.7 Å². The molecule has 0 unspecified atom stereocenters. The molecule has 0 spiro atoms. The van der Waals surface area contributed by atoms with E-state index in [1.165, 1.54) is 6.07 Å². The van der Waals surface area contributed by atoms with Crippen molar-refractivity contribution >= 4 is 0 Å². The average molecular weight is 238 g/mol. The molecular weight excluding hydrogens is 220 g/mol. The summed E-state index contributed by atoms with van der Waals surface area (Å²) in [5, 5.41) is 18.6. The number of nitrogens with zero attached hydrogens (tertiary/aromatic N) is 2. The zero-order valence-corrected chi connectivity index (χ0v) is 9.36. The highest BCUT2D eigenvalue weighted by molar-refractivity contribution is 5.43. The van der Waals surface area contributed by atoms with Gasteiger partial charge in [-0.15, -0.1) is 0 Å². The van der Waals surface area contributed by atoms with Crippen molar-refractivity contribution in [3.8, 4) is 11.9 Å². The fourth-order valence-electron chi connectivity index (χ4n) is 1.41. The number of ether oxygens (including phenoxy) is 1. The maximum atomic E-state index is 11.6. The van der Waals surface area contributed by atoms with Gasteiger partial charge in [0.2, 0.25) is 5.88 Å². The Hall–Kier alpha value is -1.80. The summed E-state index contributed by atoms with van der Waals surface area (Å²) in [5.41, 5.74) is 0.294. The van der Waals surface area contributed by atoms with Gasteiger partial charge < -0.3 is 9.84 Å². The first-order valence-corrected chi connectivity index (χ1v) is 5.03. The molecule has 1 rings (SSSR count). The Morgan fingerprint density at radius 3 is 2.76 bits per heavy atom. The van der Waals surface area contributed by atoms with Crippen molar-refractivity contribution in [2.75, 3.05) is 13.2 Å². The summed E-state index contributed by atoms with van der Waals surface area (Å²) in [5.74, 6) is -0.285. The molecule has 1 aromatic rings. The molecule has 0 atom stereocenters. The molecule has 0 aliphatic carbocycles. The molecule has 0 saturated carbocycles. The van der Waals surface area contributed by atoms with Crippen LogP contribution in [0, 0.1) is 18.3 Å². The molecule has 0 saturated heterocycles. The molecule has 17 heavy (non-hydrogen) atoms. The Morgan fingerprint density at radius 2 is 2.24 bits per heavy atom. The quantitative estimate of drug-likeness (QED) is 0.805. The summed E-state index contributed by atoms with van der Waals surface area (Å²) < 4.78 is 6.24. The fraction of sp³-hybridized carbons (Fsp3) is 0.500. The van der Waals surface area contributed by atoms with E-state index in [0.717, 1.165) is 4.57 Å². The Kier molecular flexibility index (Phi) is 6.00. The summed E-state index contributed by atoms with van der Waals surface area (Å²) in [6.45, 7) is 4.59. The zero-order chi connectivity index (χ0) is 12.1. The number of nitriles is 1. The van der Waals surface area contributed by atoms with Crippen LogP contribution in [0.25, 0.3) is 0 Å². The average Bonchev–Trinajstić information content (AvgIpc) is 2.23. The molecule has 0 aliphatic rings. The Bertz CT molecular complexity index is 472.